The Hall–Kier alpha value is -0.900. The number of aliphatic hydroxyl groups excluding tert-OH is 1. The smallest absolute Gasteiger partial charge is 0.107 e. The van der Waals surface area contributed by atoms with Gasteiger partial charge in [-0.25, -0.2) is 0 Å². The molecule has 3 heteroatoms. The van der Waals surface area contributed by atoms with Crippen LogP contribution in [-0.4, -0.2) is 30.5 Å². The Morgan fingerprint density at radius 3 is 2.88 bits per heavy atom. The molecule has 1 aromatic rings. The number of hydrogen-bond acceptors (Lipinski definition) is 3. The molecule has 16 heavy (non-hydrogen) atoms. The Kier molecular flexibility index (Phi) is 4.34. The zero-order chi connectivity index (χ0) is 11.2. The summed E-state index contributed by atoms with van der Waals surface area (Å²) in [5.74, 6) is 0. The van der Waals surface area contributed by atoms with E-state index in [1.54, 1.807) is 0 Å². The molecule has 1 heterocycles. The van der Waals surface area contributed by atoms with Gasteiger partial charge in [-0.15, -0.1) is 0 Å². The van der Waals surface area contributed by atoms with Crippen molar-refractivity contribution in [3.63, 3.8) is 0 Å². The molecule has 0 unspecified atom stereocenters. The summed E-state index contributed by atoms with van der Waals surface area (Å²) in [6.45, 7) is 1.78. The van der Waals surface area contributed by atoms with E-state index in [0.717, 1.165) is 25.0 Å². The van der Waals surface area contributed by atoms with Crippen LogP contribution in [0.1, 0.15) is 18.4 Å². The molecule has 1 N–H and O–H groups in total. The molecule has 1 saturated heterocycles. The van der Waals surface area contributed by atoms with E-state index in [1.807, 2.05) is 30.3 Å². The summed E-state index contributed by atoms with van der Waals surface area (Å²) in [6.07, 6.45) is 1.23. The predicted octanol–water partition coefficient (Wildman–Crippen LogP) is 1.74. The second kappa shape index (κ2) is 5.99. The Morgan fingerprint density at radius 1 is 1.31 bits per heavy atom. The summed E-state index contributed by atoms with van der Waals surface area (Å²) in [4.78, 5) is 0. The highest BCUT2D eigenvalue weighted by Crippen LogP contribution is 2.14. The molecule has 1 aromatic carbocycles. The minimum Gasteiger partial charge on any atom is -0.390 e. The summed E-state index contributed by atoms with van der Waals surface area (Å²) in [5.41, 5.74) is 1.15. The van der Waals surface area contributed by atoms with E-state index in [9.17, 15) is 5.11 Å². The fourth-order valence-electron chi connectivity index (χ4n) is 1.85. The van der Waals surface area contributed by atoms with E-state index >= 15 is 0 Å². The van der Waals surface area contributed by atoms with Crippen molar-refractivity contribution < 1.29 is 14.6 Å². The fraction of sp³-hybridized carbons (Fsp3) is 0.538. The fourth-order valence-corrected chi connectivity index (χ4v) is 1.85. The highest BCUT2D eigenvalue weighted by atomic mass is 16.5. The lowest BCUT2D eigenvalue weighted by Crippen LogP contribution is -2.37. The minimum absolute atomic E-state index is 0.155. The standard InChI is InChI=1S/C13H18O3/c14-12-7-4-8-16-13(12)10-15-9-11-5-2-1-3-6-11/h1-3,5-6,12-14H,4,7-10H2/t12-,13-/m1/s1. The SMILES string of the molecule is O[C@@H]1CCCO[C@@H]1COCc1ccccc1. The molecular formula is C13H18O3. The van der Waals surface area contributed by atoms with Gasteiger partial charge in [0.1, 0.15) is 6.10 Å². The van der Waals surface area contributed by atoms with Crippen LogP contribution in [0.25, 0.3) is 0 Å². The van der Waals surface area contributed by atoms with Gasteiger partial charge in [0.05, 0.1) is 19.3 Å². The van der Waals surface area contributed by atoms with Crippen LogP contribution < -0.4 is 0 Å². The van der Waals surface area contributed by atoms with E-state index in [1.165, 1.54) is 0 Å². The quantitative estimate of drug-likeness (QED) is 0.843. The number of ether oxygens (including phenoxy) is 2. The normalized spacial score (nSPS) is 25.6. The molecule has 0 radical (unpaired) electrons. The zero-order valence-electron chi connectivity index (χ0n) is 9.34. The molecule has 2 rings (SSSR count). The van der Waals surface area contributed by atoms with Gasteiger partial charge in [0, 0.05) is 6.61 Å². The number of benzene rings is 1. The van der Waals surface area contributed by atoms with Crippen molar-refractivity contribution in [2.75, 3.05) is 13.2 Å². The van der Waals surface area contributed by atoms with Crippen LogP contribution in [0.5, 0.6) is 0 Å². The highest BCUT2D eigenvalue weighted by Gasteiger charge is 2.23. The van der Waals surface area contributed by atoms with Gasteiger partial charge >= 0.3 is 0 Å². The van der Waals surface area contributed by atoms with Crippen molar-refractivity contribution >= 4 is 0 Å². The van der Waals surface area contributed by atoms with Crippen LogP contribution >= 0.6 is 0 Å². The average molecular weight is 222 g/mol. The monoisotopic (exact) mass is 222 g/mol. The van der Waals surface area contributed by atoms with E-state index < -0.39 is 0 Å². The van der Waals surface area contributed by atoms with Crippen LogP contribution in [0.2, 0.25) is 0 Å². The first kappa shape index (κ1) is 11.6. The van der Waals surface area contributed by atoms with Gasteiger partial charge < -0.3 is 14.6 Å². The van der Waals surface area contributed by atoms with Gasteiger partial charge in [-0.3, -0.25) is 0 Å². The summed E-state index contributed by atoms with van der Waals surface area (Å²) < 4.78 is 11.0. The van der Waals surface area contributed by atoms with Gasteiger partial charge in [0.2, 0.25) is 0 Å². The van der Waals surface area contributed by atoms with Gasteiger partial charge in [0.25, 0.3) is 0 Å². The van der Waals surface area contributed by atoms with Crippen molar-refractivity contribution in [1.29, 1.82) is 0 Å². The van der Waals surface area contributed by atoms with E-state index in [4.69, 9.17) is 9.47 Å². The average Bonchev–Trinajstić information content (AvgIpc) is 2.33. The third kappa shape index (κ3) is 3.30. The van der Waals surface area contributed by atoms with Crippen LogP contribution in [-0.2, 0) is 16.1 Å². The number of rotatable bonds is 4. The summed E-state index contributed by atoms with van der Waals surface area (Å²) in [5, 5.41) is 9.66. The summed E-state index contributed by atoms with van der Waals surface area (Å²) in [7, 11) is 0. The molecule has 3 nitrogen and oxygen atoms in total. The largest absolute Gasteiger partial charge is 0.390 e. The van der Waals surface area contributed by atoms with Crippen molar-refractivity contribution in [3.05, 3.63) is 35.9 Å². The lowest BCUT2D eigenvalue weighted by Gasteiger charge is -2.27. The van der Waals surface area contributed by atoms with Crippen molar-refractivity contribution in [2.45, 2.75) is 31.7 Å². The second-order valence-corrected chi connectivity index (χ2v) is 4.12. The Labute approximate surface area is 96.0 Å². The van der Waals surface area contributed by atoms with E-state index in [0.29, 0.717) is 13.2 Å². The molecule has 1 fully saturated rings. The molecule has 1 aliphatic heterocycles. The Morgan fingerprint density at radius 2 is 2.12 bits per heavy atom. The third-order valence-electron chi connectivity index (χ3n) is 2.80. The van der Waals surface area contributed by atoms with Crippen LogP contribution in [0, 0.1) is 0 Å². The molecular weight excluding hydrogens is 204 g/mol. The Balaban J connectivity index is 1.71. The maximum absolute atomic E-state index is 9.66. The second-order valence-electron chi connectivity index (χ2n) is 4.12. The van der Waals surface area contributed by atoms with Gasteiger partial charge in [-0.05, 0) is 18.4 Å². The molecule has 0 saturated carbocycles. The first-order valence-corrected chi connectivity index (χ1v) is 5.77. The van der Waals surface area contributed by atoms with Crippen LogP contribution in [0.3, 0.4) is 0 Å². The topological polar surface area (TPSA) is 38.7 Å². The predicted molar refractivity (Wildman–Crippen MR) is 61.1 cm³/mol. The molecule has 0 bridgehead atoms. The van der Waals surface area contributed by atoms with Gasteiger partial charge in [0.15, 0.2) is 0 Å². The maximum Gasteiger partial charge on any atom is 0.107 e. The summed E-state index contributed by atoms with van der Waals surface area (Å²) in [6, 6.07) is 10.0. The van der Waals surface area contributed by atoms with Crippen LogP contribution in [0.4, 0.5) is 0 Å². The third-order valence-corrected chi connectivity index (χ3v) is 2.80. The van der Waals surface area contributed by atoms with Crippen molar-refractivity contribution in [1.82, 2.24) is 0 Å². The van der Waals surface area contributed by atoms with E-state index in [2.05, 4.69) is 0 Å². The maximum atomic E-state index is 9.66. The Bertz CT molecular complexity index is 299. The first-order valence-electron chi connectivity index (χ1n) is 5.77. The first-order chi connectivity index (χ1) is 7.86. The van der Waals surface area contributed by atoms with E-state index in [-0.39, 0.29) is 12.2 Å². The number of hydrogen-bond donors (Lipinski definition) is 1. The highest BCUT2D eigenvalue weighted by molar-refractivity contribution is 5.13. The molecule has 0 aliphatic carbocycles. The van der Waals surface area contributed by atoms with Gasteiger partial charge in [-0.2, -0.15) is 0 Å². The lowest BCUT2D eigenvalue weighted by molar-refractivity contribution is -0.109. The molecule has 2 atom stereocenters. The molecule has 1 aliphatic rings. The molecule has 88 valence electrons. The van der Waals surface area contributed by atoms with Crippen LogP contribution in [0.15, 0.2) is 30.3 Å². The van der Waals surface area contributed by atoms with Crippen molar-refractivity contribution in [3.8, 4) is 0 Å². The lowest BCUT2D eigenvalue weighted by atomic mass is 10.1. The summed E-state index contributed by atoms with van der Waals surface area (Å²) >= 11 is 0. The zero-order valence-corrected chi connectivity index (χ0v) is 9.34. The minimum atomic E-state index is -0.371. The molecule has 0 amide bonds. The molecule has 0 aromatic heterocycles. The van der Waals surface area contributed by atoms with Crippen molar-refractivity contribution in [2.24, 2.45) is 0 Å². The number of aliphatic hydroxyl groups is 1. The molecule has 0 spiro atoms. The van der Waals surface area contributed by atoms with Gasteiger partial charge in [-0.1, -0.05) is 30.3 Å².